The Morgan fingerprint density at radius 3 is 2.80 bits per heavy atom. The van der Waals surface area contributed by atoms with Crippen molar-refractivity contribution in [2.75, 3.05) is 25.0 Å². The van der Waals surface area contributed by atoms with Crippen LogP contribution >= 0.6 is 11.3 Å². The summed E-state index contributed by atoms with van der Waals surface area (Å²) in [6.07, 6.45) is 8.96. The molecule has 128 valence electrons. The minimum atomic E-state index is -0.0136. The highest BCUT2D eigenvalue weighted by Crippen LogP contribution is 2.26. The van der Waals surface area contributed by atoms with Crippen LogP contribution in [0.5, 0.6) is 0 Å². The smallest absolute Gasteiger partial charge is 0.239 e. The highest BCUT2D eigenvalue weighted by atomic mass is 32.1. The first-order chi connectivity index (χ1) is 12.3. The quantitative estimate of drug-likeness (QED) is 0.780. The van der Waals surface area contributed by atoms with Crippen molar-refractivity contribution < 1.29 is 4.79 Å². The van der Waals surface area contributed by atoms with Crippen molar-refractivity contribution in [3.8, 4) is 10.4 Å². The molecular weight excluding hydrogens is 334 g/mol. The molecule has 0 spiro atoms. The fourth-order valence-electron chi connectivity index (χ4n) is 3.10. The number of aromatic nitrogens is 3. The van der Waals surface area contributed by atoms with Gasteiger partial charge in [0.05, 0.1) is 28.6 Å². The van der Waals surface area contributed by atoms with E-state index in [2.05, 4.69) is 31.2 Å². The van der Waals surface area contributed by atoms with Crippen LogP contribution in [0.2, 0.25) is 0 Å². The molecule has 1 saturated heterocycles. The Hall–Kier alpha value is -2.38. The van der Waals surface area contributed by atoms with Gasteiger partial charge in [0.2, 0.25) is 5.91 Å². The van der Waals surface area contributed by atoms with Crippen LogP contribution in [0.1, 0.15) is 19.3 Å². The number of hydrogen-bond donors (Lipinski definition) is 1. The van der Waals surface area contributed by atoms with Crippen LogP contribution in [0.25, 0.3) is 21.3 Å². The number of amides is 1. The van der Waals surface area contributed by atoms with Gasteiger partial charge in [-0.2, -0.15) is 0 Å². The summed E-state index contributed by atoms with van der Waals surface area (Å²) in [6.45, 7) is 2.43. The Labute approximate surface area is 149 Å². The SMILES string of the molecule is O=C(CN1CCCCC1)Nc1cc2cc(-c3cncs3)cnc2cn1. The third kappa shape index (κ3) is 3.83. The van der Waals surface area contributed by atoms with Crippen LogP contribution in [-0.4, -0.2) is 45.4 Å². The molecule has 3 aromatic rings. The second kappa shape index (κ2) is 7.25. The Morgan fingerprint density at radius 1 is 1.12 bits per heavy atom. The molecule has 0 saturated carbocycles. The fourth-order valence-corrected chi connectivity index (χ4v) is 3.70. The van der Waals surface area contributed by atoms with E-state index in [0.717, 1.165) is 34.4 Å². The number of fused-ring (bicyclic) bond motifs is 1. The van der Waals surface area contributed by atoms with Gasteiger partial charge in [-0.05, 0) is 38.1 Å². The summed E-state index contributed by atoms with van der Waals surface area (Å²) in [6, 6.07) is 3.93. The van der Waals surface area contributed by atoms with Gasteiger partial charge in [-0.25, -0.2) is 4.98 Å². The summed E-state index contributed by atoms with van der Waals surface area (Å²) in [7, 11) is 0. The second-order valence-corrected chi connectivity index (χ2v) is 7.12. The van der Waals surface area contributed by atoms with Crippen LogP contribution in [0.15, 0.2) is 36.2 Å². The van der Waals surface area contributed by atoms with Gasteiger partial charge in [0, 0.05) is 23.3 Å². The van der Waals surface area contributed by atoms with Gasteiger partial charge < -0.3 is 5.32 Å². The van der Waals surface area contributed by atoms with Gasteiger partial charge in [-0.3, -0.25) is 19.7 Å². The van der Waals surface area contributed by atoms with Crippen molar-refractivity contribution in [1.82, 2.24) is 19.9 Å². The molecule has 0 aliphatic carbocycles. The third-order valence-corrected chi connectivity index (χ3v) is 5.19. The summed E-state index contributed by atoms with van der Waals surface area (Å²) < 4.78 is 0. The minimum absolute atomic E-state index is 0.0136. The van der Waals surface area contributed by atoms with Gasteiger partial charge in [-0.1, -0.05) is 6.42 Å². The zero-order chi connectivity index (χ0) is 17.1. The Morgan fingerprint density at radius 2 is 2.00 bits per heavy atom. The van der Waals surface area contributed by atoms with Crippen molar-refractivity contribution in [1.29, 1.82) is 0 Å². The van der Waals surface area contributed by atoms with Crippen LogP contribution in [0.3, 0.4) is 0 Å². The largest absolute Gasteiger partial charge is 0.310 e. The maximum atomic E-state index is 12.3. The molecule has 0 aromatic carbocycles. The first kappa shape index (κ1) is 16.1. The Balaban J connectivity index is 1.50. The normalized spacial score (nSPS) is 15.4. The highest BCUT2D eigenvalue weighted by Gasteiger charge is 2.14. The number of rotatable bonds is 4. The standard InChI is InChI=1S/C18H19N5OS/c24-18(11-23-4-2-1-3-5-23)22-17-7-13-6-14(16-10-19-12-25-16)8-20-15(13)9-21-17/h6-10,12H,1-5,11H2,(H,21,22,24). The summed E-state index contributed by atoms with van der Waals surface area (Å²) in [4.78, 5) is 28.4. The van der Waals surface area contributed by atoms with E-state index in [0.29, 0.717) is 12.4 Å². The molecule has 4 heterocycles. The van der Waals surface area contributed by atoms with E-state index in [1.54, 1.807) is 23.0 Å². The maximum absolute atomic E-state index is 12.3. The molecule has 1 N–H and O–H groups in total. The van der Waals surface area contributed by atoms with E-state index in [1.165, 1.54) is 19.3 Å². The van der Waals surface area contributed by atoms with Crippen LogP contribution in [0, 0.1) is 0 Å². The molecule has 25 heavy (non-hydrogen) atoms. The molecule has 3 aromatic heterocycles. The van der Waals surface area contributed by atoms with Crippen LogP contribution < -0.4 is 5.32 Å². The number of carbonyl (C=O) groups is 1. The molecule has 0 bridgehead atoms. The molecule has 6 nitrogen and oxygen atoms in total. The summed E-state index contributed by atoms with van der Waals surface area (Å²) >= 11 is 1.58. The third-order valence-electron chi connectivity index (χ3n) is 4.37. The summed E-state index contributed by atoms with van der Waals surface area (Å²) in [5, 5.41) is 3.86. The number of anilines is 1. The zero-order valence-corrected chi connectivity index (χ0v) is 14.6. The summed E-state index contributed by atoms with van der Waals surface area (Å²) in [5.41, 5.74) is 3.63. The van der Waals surface area contributed by atoms with Crippen molar-refractivity contribution in [2.24, 2.45) is 0 Å². The zero-order valence-electron chi connectivity index (χ0n) is 13.8. The number of nitrogens with one attached hydrogen (secondary N) is 1. The van der Waals surface area contributed by atoms with Gasteiger partial charge in [0.25, 0.3) is 0 Å². The Bertz CT molecular complexity index is 874. The van der Waals surface area contributed by atoms with E-state index in [-0.39, 0.29) is 5.91 Å². The first-order valence-corrected chi connectivity index (χ1v) is 9.33. The van der Waals surface area contributed by atoms with Gasteiger partial charge in [-0.15, -0.1) is 11.3 Å². The van der Waals surface area contributed by atoms with Gasteiger partial charge >= 0.3 is 0 Å². The molecule has 1 aliphatic rings. The lowest BCUT2D eigenvalue weighted by Crippen LogP contribution is -2.36. The number of carbonyl (C=O) groups excluding carboxylic acids is 1. The molecule has 1 amide bonds. The number of hydrogen-bond acceptors (Lipinski definition) is 6. The lowest BCUT2D eigenvalue weighted by atomic mass is 10.1. The van der Waals surface area contributed by atoms with Crippen LogP contribution in [-0.2, 0) is 4.79 Å². The lowest BCUT2D eigenvalue weighted by Gasteiger charge is -2.25. The van der Waals surface area contributed by atoms with E-state index in [9.17, 15) is 4.79 Å². The molecule has 4 rings (SSSR count). The number of likely N-dealkylation sites (tertiary alicyclic amines) is 1. The van der Waals surface area contributed by atoms with Gasteiger partial charge in [0.1, 0.15) is 5.82 Å². The number of thiazole rings is 1. The van der Waals surface area contributed by atoms with Crippen molar-refractivity contribution in [3.63, 3.8) is 0 Å². The second-order valence-electron chi connectivity index (χ2n) is 6.24. The molecular formula is C18H19N5OS. The van der Waals surface area contributed by atoms with Crippen molar-refractivity contribution >= 4 is 34.0 Å². The van der Waals surface area contributed by atoms with Crippen LogP contribution in [0.4, 0.5) is 5.82 Å². The fraction of sp³-hybridized carbons (Fsp3) is 0.333. The highest BCUT2D eigenvalue weighted by molar-refractivity contribution is 7.13. The van der Waals surface area contributed by atoms with E-state index < -0.39 is 0 Å². The first-order valence-electron chi connectivity index (χ1n) is 8.45. The monoisotopic (exact) mass is 353 g/mol. The number of piperidine rings is 1. The number of nitrogens with zero attached hydrogens (tertiary/aromatic N) is 4. The lowest BCUT2D eigenvalue weighted by molar-refractivity contribution is -0.117. The topological polar surface area (TPSA) is 71.0 Å². The molecule has 0 atom stereocenters. The van der Waals surface area contributed by atoms with E-state index in [4.69, 9.17) is 0 Å². The van der Waals surface area contributed by atoms with Gasteiger partial charge in [0.15, 0.2) is 0 Å². The minimum Gasteiger partial charge on any atom is -0.310 e. The average molecular weight is 353 g/mol. The molecule has 1 fully saturated rings. The van der Waals surface area contributed by atoms with E-state index in [1.807, 2.05) is 18.5 Å². The summed E-state index contributed by atoms with van der Waals surface area (Å²) in [5.74, 6) is 0.554. The number of pyridine rings is 2. The predicted molar refractivity (Wildman–Crippen MR) is 99.6 cm³/mol. The maximum Gasteiger partial charge on any atom is 0.239 e. The Kier molecular flexibility index (Phi) is 4.67. The molecule has 0 unspecified atom stereocenters. The molecule has 0 radical (unpaired) electrons. The van der Waals surface area contributed by atoms with Crippen molar-refractivity contribution in [3.05, 3.63) is 36.2 Å². The van der Waals surface area contributed by atoms with Crippen molar-refractivity contribution in [2.45, 2.75) is 19.3 Å². The predicted octanol–water partition coefficient (Wildman–Crippen LogP) is 3.18. The molecule has 1 aliphatic heterocycles. The molecule has 7 heteroatoms. The average Bonchev–Trinajstić information content (AvgIpc) is 3.16. The van der Waals surface area contributed by atoms with E-state index >= 15 is 0 Å².